The summed E-state index contributed by atoms with van der Waals surface area (Å²) in [6, 6.07) is 9.29. The minimum absolute atomic E-state index is 0.0113. The molecule has 0 radical (unpaired) electrons. The highest BCUT2D eigenvalue weighted by Crippen LogP contribution is 2.29. The van der Waals surface area contributed by atoms with Crippen LogP contribution in [0.4, 0.5) is 0 Å². The molecule has 2 aromatic carbocycles. The van der Waals surface area contributed by atoms with Crippen LogP contribution in [0.5, 0.6) is 11.5 Å². The lowest BCUT2D eigenvalue weighted by atomic mass is 10.0. The molecule has 184 valence electrons. The Balaban J connectivity index is 2.23. The van der Waals surface area contributed by atoms with Gasteiger partial charge in [0.1, 0.15) is 21.3 Å². The molecule has 8 nitrogen and oxygen atoms in total. The van der Waals surface area contributed by atoms with E-state index in [0.29, 0.717) is 0 Å². The second-order valence-corrected chi connectivity index (χ2v) is 11.9. The Hall–Kier alpha value is -2.14. The normalized spacial score (nSPS) is 13.4. The molecule has 0 spiro atoms. The number of nitrogens with one attached hydrogen (secondary N) is 2. The van der Waals surface area contributed by atoms with Gasteiger partial charge in [-0.25, -0.2) is 26.3 Å². The van der Waals surface area contributed by atoms with Crippen LogP contribution in [0.1, 0.15) is 57.6 Å². The van der Waals surface area contributed by atoms with E-state index < -0.39 is 26.1 Å². The van der Waals surface area contributed by atoms with E-state index in [-0.39, 0.29) is 39.7 Å². The van der Waals surface area contributed by atoms with E-state index in [2.05, 4.69) is 9.44 Å². The average molecular weight is 499 g/mol. The highest BCUT2D eigenvalue weighted by atomic mass is 32.2. The van der Waals surface area contributed by atoms with Crippen LogP contribution < -0.4 is 18.9 Å². The summed E-state index contributed by atoms with van der Waals surface area (Å²) in [5.74, 6) is 0.697. The van der Waals surface area contributed by atoms with Crippen molar-refractivity contribution >= 4 is 20.0 Å². The van der Waals surface area contributed by atoms with Crippen molar-refractivity contribution < 1.29 is 26.3 Å². The number of ether oxygens (including phenoxy) is 2. The first-order valence-corrected chi connectivity index (χ1v) is 13.7. The smallest absolute Gasteiger partial charge is 0.244 e. The number of methoxy groups -OCH3 is 2. The standard InChI is InChI=1S/C23H34N2O6S2/c1-15(2)18-8-10-20(30-6)22(12-18)32(26,27)24-14-17(5)25-33(28,29)23-13-19(16(3)4)9-11-21(23)31-7/h8-13,15-17,24-25H,14H2,1-7H3/t17-/m0/s1. The van der Waals surface area contributed by atoms with Gasteiger partial charge in [0.25, 0.3) is 0 Å². The zero-order valence-electron chi connectivity index (χ0n) is 20.2. The summed E-state index contributed by atoms with van der Waals surface area (Å²) in [7, 11) is -5.09. The number of hydrogen-bond acceptors (Lipinski definition) is 6. The minimum Gasteiger partial charge on any atom is -0.495 e. The number of rotatable bonds is 11. The van der Waals surface area contributed by atoms with Gasteiger partial charge in [-0.05, 0) is 54.2 Å². The Bertz CT molecular complexity index is 1180. The molecule has 0 bridgehead atoms. The molecule has 2 aromatic rings. The second kappa shape index (κ2) is 10.9. The Morgan fingerprint density at radius 1 is 0.727 bits per heavy atom. The maximum Gasteiger partial charge on any atom is 0.244 e. The largest absolute Gasteiger partial charge is 0.495 e. The second-order valence-electron chi connectivity index (χ2n) is 8.50. The first-order chi connectivity index (χ1) is 15.3. The molecule has 0 fully saturated rings. The molecule has 0 unspecified atom stereocenters. The molecule has 10 heteroatoms. The van der Waals surface area contributed by atoms with Gasteiger partial charge in [-0.1, -0.05) is 39.8 Å². The van der Waals surface area contributed by atoms with Crippen molar-refractivity contribution in [3.63, 3.8) is 0 Å². The quantitative estimate of drug-likeness (QED) is 0.490. The maximum atomic E-state index is 13.0. The van der Waals surface area contributed by atoms with Gasteiger partial charge in [0, 0.05) is 12.6 Å². The van der Waals surface area contributed by atoms with Crippen LogP contribution in [0, 0.1) is 0 Å². The van der Waals surface area contributed by atoms with Gasteiger partial charge in [-0.15, -0.1) is 0 Å². The van der Waals surface area contributed by atoms with Crippen LogP contribution in [0.25, 0.3) is 0 Å². The first-order valence-electron chi connectivity index (χ1n) is 10.7. The van der Waals surface area contributed by atoms with E-state index in [1.165, 1.54) is 14.2 Å². The predicted octanol–water partition coefficient (Wildman–Crippen LogP) is 3.60. The summed E-state index contributed by atoms with van der Waals surface area (Å²) in [6.07, 6.45) is 0. The van der Waals surface area contributed by atoms with Crippen LogP contribution >= 0.6 is 0 Å². The van der Waals surface area contributed by atoms with Crippen LogP contribution in [-0.2, 0) is 20.0 Å². The summed E-state index contributed by atoms with van der Waals surface area (Å²) in [6.45, 7) is 9.29. The molecular weight excluding hydrogens is 464 g/mol. The SMILES string of the molecule is COc1ccc(C(C)C)cc1S(=O)(=O)NC[C@H](C)NS(=O)(=O)c1cc(C(C)C)ccc1OC. The molecule has 0 heterocycles. The summed E-state index contributed by atoms with van der Waals surface area (Å²) < 4.78 is 67.4. The lowest BCUT2D eigenvalue weighted by Gasteiger charge is -2.19. The zero-order valence-corrected chi connectivity index (χ0v) is 21.8. The highest BCUT2D eigenvalue weighted by Gasteiger charge is 2.25. The molecule has 2 N–H and O–H groups in total. The van der Waals surface area contributed by atoms with Crippen LogP contribution in [0.2, 0.25) is 0 Å². The molecule has 0 aliphatic rings. The van der Waals surface area contributed by atoms with Crippen LogP contribution in [-0.4, -0.2) is 43.6 Å². The summed E-state index contributed by atoms with van der Waals surface area (Å²) in [5, 5.41) is 0. The predicted molar refractivity (Wildman–Crippen MR) is 129 cm³/mol. The molecule has 0 aliphatic carbocycles. The minimum atomic E-state index is -3.96. The Morgan fingerprint density at radius 3 is 1.55 bits per heavy atom. The Kier molecular flexibility index (Phi) is 8.92. The zero-order chi connectivity index (χ0) is 25.0. The van der Waals surface area contributed by atoms with Gasteiger partial charge >= 0.3 is 0 Å². The van der Waals surface area contributed by atoms with Crippen molar-refractivity contribution in [1.82, 2.24) is 9.44 Å². The van der Waals surface area contributed by atoms with E-state index in [1.807, 2.05) is 39.8 Å². The Morgan fingerprint density at radius 2 is 1.15 bits per heavy atom. The molecule has 2 rings (SSSR count). The molecule has 0 amide bonds. The van der Waals surface area contributed by atoms with E-state index in [0.717, 1.165) is 11.1 Å². The van der Waals surface area contributed by atoms with Crippen molar-refractivity contribution in [2.24, 2.45) is 0 Å². The van der Waals surface area contributed by atoms with E-state index in [4.69, 9.17) is 9.47 Å². The third-order valence-corrected chi connectivity index (χ3v) is 8.28. The fourth-order valence-corrected chi connectivity index (χ4v) is 5.99. The van der Waals surface area contributed by atoms with E-state index in [9.17, 15) is 16.8 Å². The summed E-state index contributed by atoms with van der Waals surface area (Å²) in [5.41, 5.74) is 1.70. The van der Waals surface area contributed by atoms with Crippen molar-refractivity contribution in [3.05, 3.63) is 47.5 Å². The Labute approximate surface area is 197 Å². The van der Waals surface area contributed by atoms with Crippen molar-refractivity contribution in [2.45, 2.75) is 62.3 Å². The average Bonchev–Trinajstić information content (AvgIpc) is 2.76. The van der Waals surface area contributed by atoms with Gasteiger partial charge in [0.15, 0.2) is 0 Å². The lowest BCUT2D eigenvalue weighted by molar-refractivity contribution is 0.401. The molecule has 0 aliphatic heterocycles. The highest BCUT2D eigenvalue weighted by molar-refractivity contribution is 7.90. The fourth-order valence-electron chi connectivity index (χ4n) is 3.21. The maximum absolute atomic E-state index is 13.0. The number of hydrogen-bond donors (Lipinski definition) is 2. The topological polar surface area (TPSA) is 111 Å². The van der Waals surface area contributed by atoms with Gasteiger partial charge in [-0.2, -0.15) is 0 Å². The van der Waals surface area contributed by atoms with E-state index >= 15 is 0 Å². The fraction of sp³-hybridized carbons (Fsp3) is 0.478. The summed E-state index contributed by atoms with van der Waals surface area (Å²) >= 11 is 0. The summed E-state index contributed by atoms with van der Waals surface area (Å²) in [4.78, 5) is 0.0229. The lowest BCUT2D eigenvalue weighted by Crippen LogP contribution is -2.41. The third kappa shape index (κ3) is 6.69. The number of benzene rings is 2. The van der Waals surface area contributed by atoms with Crippen molar-refractivity contribution in [1.29, 1.82) is 0 Å². The van der Waals surface area contributed by atoms with Crippen molar-refractivity contribution in [2.75, 3.05) is 20.8 Å². The van der Waals surface area contributed by atoms with Gasteiger partial charge in [0.05, 0.1) is 14.2 Å². The molecule has 1 atom stereocenters. The van der Waals surface area contributed by atoms with Crippen LogP contribution in [0.3, 0.4) is 0 Å². The monoisotopic (exact) mass is 498 g/mol. The molecular formula is C23H34N2O6S2. The van der Waals surface area contributed by atoms with E-state index in [1.54, 1.807) is 31.2 Å². The van der Waals surface area contributed by atoms with Crippen molar-refractivity contribution in [3.8, 4) is 11.5 Å². The van der Waals surface area contributed by atoms with Gasteiger partial charge < -0.3 is 9.47 Å². The van der Waals surface area contributed by atoms with Crippen LogP contribution in [0.15, 0.2) is 46.2 Å². The first kappa shape index (κ1) is 27.1. The molecule has 33 heavy (non-hydrogen) atoms. The van der Waals surface area contributed by atoms with Gasteiger partial charge in [-0.3, -0.25) is 0 Å². The molecule has 0 saturated carbocycles. The molecule has 0 saturated heterocycles. The number of sulfonamides is 2. The van der Waals surface area contributed by atoms with Gasteiger partial charge in [0.2, 0.25) is 20.0 Å². The third-order valence-electron chi connectivity index (χ3n) is 5.22. The molecule has 0 aromatic heterocycles.